The number of aromatic nitrogens is 2. The van der Waals surface area contributed by atoms with Crippen molar-refractivity contribution in [3.8, 4) is 23.9 Å². The third-order valence-corrected chi connectivity index (χ3v) is 4.76. The van der Waals surface area contributed by atoms with Crippen LogP contribution in [0.3, 0.4) is 0 Å². The Hall–Kier alpha value is -4.96. The quantitative estimate of drug-likeness (QED) is 0.463. The van der Waals surface area contributed by atoms with E-state index < -0.39 is 22.9 Å². The molecule has 10 nitrogen and oxygen atoms in total. The zero-order chi connectivity index (χ0) is 23.4. The molecule has 158 valence electrons. The highest BCUT2D eigenvalue weighted by atomic mass is 16.3. The second kappa shape index (κ2) is 8.81. The number of aromatic hydroxyl groups is 2. The van der Waals surface area contributed by atoms with Crippen LogP contribution in [0.15, 0.2) is 43.8 Å². The van der Waals surface area contributed by atoms with Gasteiger partial charge in [-0.05, 0) is 37.1 Å². The van der Waals surface area contributed by atoms with Crippen LogP contribution in [0.25, 0.3) is 0 Å². The molecule has 32 heavy (non-hydrogen) atoms. The summed E-state index contributed by atoms with van der Waals surface area (Å²) in [4.78, 5) is 36.5. The monoisotopic (exact) mass is 428 g/mol. The fourth-order valence-electron chi connectivity index (χ4n) is 2.98. The Morgan fingerprint density at radius 2 is 1.19 bits per heavy atom. The van der Waals surface area contributed by atoms with E-state index in [1.165, 1.54) is 26.3 Å². The number of para-hydroxylation sites is 2. The van der Waals surface area contributed by atoms with Gasteiger partial charge in [-0.3, -0.25) is 29.5 Å². The summed E-state index contributed by atoms with van der Waals surface area (Å²) in [5.41, 5.74) is 0.00684. The third-order valence-electron chi connectivity index (χ3n) is 4.76. The van der Waals surface area contributed by atoms with E-state index in [-0.39, 0.29) is 33.4 Å². The lowest BCUT2D eigenvalue weighted by atomic mass is 10.1. The molecule has 0 radical (unpaired) electrons. The van der Waals surface area contributed by atoms with Gasteiger partial charge < -0.3 is 10.2 Å². The molecule has 3 rings (SSSR count). The maximum absolute atomic E-state index is 11.7. The average Bonchev–Trinajstić information content (AvgIpc) is 2.74. The van der Waals surface area contributed by atoms with E-state index in [0.717, 1.165) is 0 Å². The summed E-state index contributed by atoms with van der Waals surface area (Å²) in [6.45, 7) is 3.04. The molecular formula is C22H16N6O4. The van der Waals surface area contributed by atoms with E-state index in [2.05, 4.69) is 20.0 Å². The number of benzene rings is 1. The summed E-state index contributed by atoms with van der Waals surface area (Å²) in [5.74, 6) is -0.844. The van der Waals surface area contributed by atoms with Gasteiger partial charge in [0, 0.05) is 12.4 Å². The van der Waals surface area contributed by atoms with Crippen LogP contribution in [-0.2, 0) is 0 Å². The summed E-state index contributed by atoms with van der Waals surface area (Å²) < 4.78 is 0. The zero-order valence-electron chi connectivity index (χ0n) is 17.0. The fraction of sp³-hybridized carbons (Fsp3) is 0.0909. The van der Waals surface area contributed by atoms with Crippen molar-refractivity contribution in [2.24, 2.45) is 9.98 Å². The van der Waals surface area contributed by atoms with Crippen LogP contribution in [0.1, 0.15) is 33.4 Å². The Morgan fingerprint density at radius 1 is 0.812 bits per heavy atom. The topological polar surface area (TPSA) is 178 Å². The van der Waals surface area contributed by atoms with Crippen LogP contribution in [0.2, 0.25) is 0 Å². The minimum atomic E-state index is -0.697. The number of hydrogen-bond donors (Lipinski definition) is 4. The molecule has 1 aromatic carbocycles. The number of nitrogens with zero attached hydrogens (tertiary/aromatic N) is 4. The summed E-state index contributed by atoms with van der Waals surface area (Å²) >= 11 is 0. The van der Waals surface area contributed by atoms with E-state index in [4.69, 9.17) is 10.5 Å². The van der Waals surface area contributed by atoms with Gasteiger partial charge in [0.2, 0.25) is 11.8 Å². The number of hydrogen-bond acceptors (Lipinski definition) is 8. The number of nitriles is 2. The molecule has 0 unspecified atom stereocenters. The molecule has 2 aromatic heterocycles. The Kier molecular flexibility index (Phi) is 5.99. The Bertz CT molecular complexity index is 1370. The highest BCUT2D eigenvalue weighted by Crippen LogP contribution is 2.29. The van der Waals surface area contributed by atoms with Crippen LogP contribution >= 0.6 is 0 Å². The highest BCUT2D eigenvalue weighted by molar-refractivity contribution is 5.91. The Balaban J connectivity index is 2.05. The van der Waals surface area contributed by atoms with Crippen molar-refractivity contribution in [2.45, 2.75) is 13.8 Å². The van der Waals surface area contributed by atoms with E-state index in [0.29, 0.717) is 11.4 Å². The van der Waals surface area contributed by atoms with Crippen molar-refractivity contribution in [1.29, 1.82) is 10.5 Å². The van der Waals surface area contributed by atoms with Crippen LogP contribution in [0, 0.1) is 36.5 Å². The van der Waals surface area contributed by atoms with Gasteiger partial charge in [0.25, 0.3) is 11.1 Å². The minimum Gasteiger partial charge on any atom is -0.494 e. The van der Waals surface area contributed by atoms with Gasteiger partial charge in [0.05, 0.1) is 22.5 Å². The molecule has 0 aliphatic carbocycles. The SMILES string of the molecule is Cc1c(C=Nc2ccccc2N=Cc2c(O)[nH]c(=O)c(C#N)c2C)c(O)[nH]c(=O)c1C#N. The fourth-order valence-corrected chi connectivity index (χ4v) is 2.98. The predicted octanol–water partition coefficient (Wildman–Crippen LogP) is 2.34. The molecule has 0 bridgehead atoms. The number of H-pyrrole nitrogens is 2. The standard InChI is InChI=1S/C22H16N6O4/c1-11-13(7-23)19(29)27-21(31)15(11)9-25-17-5-3-4-6-18(17)26-10-16-12(2)14(8-24)20(30)28-22(16)32/h3-6,9-10H,1-2H3,(H2,27,29,31)(H2,28,30,32). The lowest BCUT2D eigenvalue weighted by Gasteiger charge is -2.06. The first kappa shape index (κ1) is 21.7. The molecule has 0 saturated carbocycles. The zero-order valence-corrected chi connectivity index (χ0v) is 17.0. The van der Waals surface area contributed by atoms with Gasteiger partial charge in [-0.25, -0.2) is 0 Å². The average molecular weight is 428 g/mol. The number of aliphatic imine (C=N–C) groups is 2. The Morgan fingerprint density at radius 3 is 1.53 bits per heavy atom. The molecule has 3 aromatic rings. The highest BCUT2D eigenvalue weighted by Gasteiger charge is 2.14. The van der Waals surface area contributed by atoms with E-state index in [9.17, 15) is 19.8 Å². The van der Waals surface area contributed by atoms with Crippen molar-refractivity contribution < 1.29 is 10.2 Å². The molecular weight excluding hydrogens is 412 g/mol. The van der Waals surface area contributed by atoms with Gasteiger partial charge in [-0.2, -0.15) is 10.5 Å². The maximum atomic E-state index is 11.7. The summed E-state index contributed by atoms with van der Waals surface area (Å²) in [7, 11) is 0. The second-order valence-corrected chi connectivity index (χ2v) is 6.66. The molecule has 10 heteroatoms. The summed E-state index contributed by atoms with van der Waals surface area (Å²) in [6.07, 6.45) is 2.60. The lowest BCUT2D eigenvalue weighted by Crippen LogP contribution is -2.14. The van der Waals surface area contributed by atoms with Gasteiger partial charge in [0.1, 0.15) is 23.3 Å². The first-order valence-electron chi connectivity index (χ1n) is 9.17. The van der Waals surface area contributed by atoms with Crippen LogP contribution in [0.4, 0.5) is 11.4 Å². The van der Waals surface area contributed by atoms with Crippen molar-refractivity contribution >= 4 is 23.8 Å². The summed E-state index contributed by atoms with van der Waals surface area (Å²) in [6, 6.07) is 10.3. The van der Waals surface area contributed by atoms with Crippen LogP contribution in [-0.4, -0.2) is 32.6 Å². The molecule has 4 N–H and O–H groups in total. The van der Waals surface area contributed by atoms with Gasteiger partial charge in [0.15, 0.2) is 0 Å². The van der Waals surface area contributed by atoms with E-state index in [1.807, 2.05) is 0 Å². The molecule has 0 atom stereocenters. The van der Waals surface area contributed by atoms with Crippen molar-refractivity contribution in [2.75, 3.05) is 0 Å². The second-order valence-electron chi connectivity index (χ2n) is 6.66. The predicted molar refractivity (Wildman–Crippen MR) is 117 cm³/mol. The first-order chi connectivity index (χ1) is 15.3. The van der Waals surface area contributed by atoms with Crippen LogP contribution < -0.4 is 11.1 Å². The van der Waals surface area contributed by atoms with Crippen molar-refractivity contribution in [3.63, 3.8) is 0 Å². The lowest BCUT2D eigenvalue weighted by molar-refractivity contribution is 0.449. The number of nitrogens with one attached hydrogen (secondary N) is 2. The molecule has 2 heterocycles. The molecule has 0 spiro atoms. The molecule has 0 amide bonds. The van der Waals surface area contributed by atoms with Gasteiger partial charge >= 0.3 is 0 Å². The van der Waals surface area contributed by atoms with E-state index in [1.54, 1.807) is 36.4 Å². The number of pyridine rings is 2. The van der Waals surface area contributed by atoms with Crippen LogP contribution in [0.5, 0.6) is 11.8 Å². The molecule has 0 aliphatic rings. The molecule has 0 aliphatic heterocycles. The minimum absolute atomic E-state index is 0.132. The number of rotatable bonds is 4. The van der Waals surface area contributed by atoms with Gasteiger partial charge in [-0.15, -0.1) is 0 Å². The normalized spacial score (nSPS) is 11.0. The molecule has 0 fully saturated rings. The number of aromatic amines is 2. The summed E-state index contributed by atoms with van der Waals surface area (Å²) in [5, 5.41) is 38.4. The largest absolute Gasteiger partial charge is 0.494 e. The third kappa shape index (κ3) is 4.01. The Labute approximate surface area is 181 Å². The van der Waals surface area contributed by atoms with Gasteiger partial charge in [-0.1, -0.05) is 12.1 Å². The molecule has 0 saturated heterocycles. The van der Waals surface area contributed by atoms with E-state index >= 15 is 0 Å². The van der Waals surface area contributed by atoms with Crippen molar-refractivity contribution in [1.82, 2.24) is 9.97 Å². The first-order valence-corrected chi connectivity index (χ1v) is 9.17. The smallest absolute Gasteiger partial charge is 0.268 e. The van der Waals surface area contributed by atoms with Crippen molar-refractivity contribution in [3.05, 3.63) is 78.4 Å². The maximum Gasteiger partial charge on any atom is 0.268 e.